The molecule has 3 aromatic rings. The quantitative estimate of drug-likeness (QED) is 0.488. The summed E-state index contributed by atoms with van der Waals surface area (Å²) in [6.07, 6.45) is 3.54. The molecule has 0 bridgehead atoms. The lowest BCUT2D eigenvalue weighted by molar-refractivity contribution is -0.142. The monoisotopic (exact) mass is 447 g/mol. The van der Waals surface area contributed by atoms with Gasteiger partial charge in [-0.05, 0) is 69.5 Å². The molecule has 7 nitrogen and oxygen atoms in total. The number of aryl methyl sites for hydroxylation is 1. The number of anilines is 2. The second-order valence-corrected chi connectivity index (χ2v) is 8.84. The largest absolute Gasteiger partial charge is 0.481 e. The van der Waals surface area contributed by atoms with E-state index in [0.29, 0.717) is 23.0 Å². The van der Waals surface area contributed by atoms with E-state index in [9.17, 15) is 9.90 Å². The summed E-state index contributed by atoms with van der Waals surface area (Å²) in [6.45, 7) is 6.84. The molecule has 1 fully saturated rings. The summed E-state index contributed by atoms with van der Waals surface area (Å²) in [4.78, 5) is 20.8. The summed E-state index contributed by atoms with van der Waals surface area (Å²) < 4.78 is 11.8. The number of ether oxygens (including phenoxy) is 2. The summed E-state index contributed by atoms with van der Waals surface area (Å²) in [5, 5.41) is 12.8. The average Bonchev–Trinajstić information content (AvgIpc) is 2.81. The van der Waals surface area contributed by atoms with Gasteiger partial charge in [0, 0.05) is 42.8 Å². The van der Waals surface area contributed by atoms with Crippen LogP contribution in [0.5, 0.6) is 11.5 Å². The molecule has 0 radical (unpaired) electrons. The first-order valence-electron chi connectivity index (χ1n) is 11.1. The fraction of sp³-hybridized carbons (Fsp3) is 0.346. The minimum Gasteiger partial charge on any atom is -0.481 e. The zero-order valence-electron chi connectivity index (χ0n) is 19.2. The van der Waals surface area contributed by atoms with Gasteiger partial charge in [-0.2, -0.15) is 0 Å². The Morgan fingerprint density at radius 3 is 2.70 bits per heavy atom. The van der Waals surface area contributed by atoms with Crippen LogP contribution >= 0.6 is 0 Å². The zero-order chi connectivity index (χ0) is 23.4. The second-order valence-electron chi connectivity index (χ2n) is 8.84. The predicted molar refractivity (Wildman–Crippen MR) is 126 cm³/mol. The maximum Gasteiger partial charge on any atom is 0.313 e. The third-order valence-electron chi connectivity index (χ3n) is 5.98. The fourth-order valence-corrected chi connectivity index (χ4v) is 3.84. The number of hydrogen-bond acceptors (Lipinski definition) is 6. The van der Waals surface area contributed by atoms with E-state index in [2.05, 4.69) is 10.3 Å². The lowest BCUT2D eigenvalue weighted by Gasteiger charge is -2.23. The van der Waals surface area contributed by atoms with Crippen LogP contribution in [0.4, 0.5) is 11.5 Å². The number of carboxylic acids is 1. The molecule has 4 rings (SSSR count). The Balaban J connectivity index is 1.55. The van der Waals surface area contributed by atoms with Gasteiger partial charge in [-0.15, -0.1) is 0 Å². The Bertz CT molecular complexity index is 1140. The molecule has 0 unspecified atom stereocenters. The van der Waals surface area contributed by atoms with E-state index in [1.807, 2.05) is 55.5 Å². The van der Waals surface area contributed by atoms with Gasteiger partial charge in [0.1, 0.15) is 17.3 Å². The zero-order valence-corrected chi connectivity index (χ0v) is 19.2. The number of benzene rings is 1. The standard InChI is InChI=1S/C26H29N3O4/c1-17-7-8-22(24(28-17)18-10-13-32-14-11-18)33-21-9-12-27-23(16-21)29-20-6-4-5-19(15-20)26(2,3)25(30)31/h4-9,12,15-16,18H,10-11,13-14H2,1-3H3,(H,27,29)(H,30,31). The molecule has 1 aromatic carbocycles. The summed E-state index contributed by atoms with van der Waals surface area (Å²) in [5.74, 6) is 1.43. The topological polar surface area (TPSA) is 93.6 Å². The van der Waals surface area contributed by atoms with E-state index < -0.39 is 11.4 Å². The van der Waals surface area contributed by atoms with Crippen molar-refractivity contribution in [2.45, 2.75) is 44.9 Å². The highest BCUT2D eigenvalue weighted by Crippen LogP contribution is 2.35. The molecule has 172 valence electrons. The third-order valence-corrected chi connectivity index (χ3v) is 5.98. The lowest BCUT2D eigenvalue weighted by Crippen LogP contribution is -2.28. The smallest absolute Gasteiger partial charge is 0.313 e. The molecule has 2 aromatic heterocycles. The number of nitrogens with one attached hydrogen (secondary N) is 1. The molecule has 0 atom stereocenters. The van der Waals surface area contributed by atoms with Gasteiger partial charge in [0.2, 0.25) is 0 Å². The highest BCUT2D eigenvalue weighted by molar-refractivity contribution is 5.81. The molecular formula is C26H29N3O4. The SMILES string of the molecule is Cc1ccc(Oc2ccnc(Nc3cccc(C(C)(C)C(=O)O)c3)c2)c(C2CCOCC2)n1. The van der Waals surface area contributed by atoms with E-state index in [0.717, 1.165) is 48.9 Å². The summed E-state index contributed by atoms with van der Waals surface area (Å²) >= 11 is 0. The normalized spacial score (nSPS) is 14.6. The minimum atomic E-state index is -0.991. The van der Waals surface area contributed by atoms with E-state index in [-0.39, 0.29) is 0 Å². The van der Waals surface area contributed by atoms with Crippen LogP contribution in [0.1, 0.15) is 49.6 Å². The first kappa shape index (κ1) is 22.7. The molecule has 33 heavy (non-hydrogen) atoms. The van der Waals surface area contributed by atoms with Gasteiger partial charge in [0.25, 0.3) is 0 Å². The van der Waals surface area contributed by atoms with Crippen molar-refractivity contribution in [1.82, 2.24) is 9.97 Å². The number of aromatic nitrogens is 2. The van der Waals surface area contributed by atoms with Gasteiger partial charge in [-0.3, -0.25) is 9.78 Å². The fourth-order valence-electron chi connectivity index (χ4n) is 3.84. The Labute approximate surface area is 193 Å². The predicted octanol–water partition coefficient (Wildman–Crippen LogP) is 5.58. The number of aliphatic carboxylic acids is 1. The molecule has 0 saturated carbocycles. The van der Waals surface area contributed by atoms with Crippen molar-refractivity contribution < 1.29 is 19.4 Å². The van der Waals surface area contributed by atoms with Crippen molar-refractivity contribution in [3.05, 3.63) is 71.7 Å². The van der Waals surface area contributed by atoms with Crippen LogP contribution < -0.4 is 10.1 Å². The van der Waals surface area contributed by atoms with E-state index in [1.165, 1.54) is 0 Å². The molecule has 7 heteroatoms. The maximum atomic E-state index is 11.6. The van der Waals surface area contributed by atoms with Crippen LogP contribution in [0.15, 0.2) is 54.7 Å². The van der Waals surface area contributed by atoms with Crippen LogP contribution in [0.25, 0.3) is 0 Å². The Hall–Kier alpha value is -3.45. The molecule has 0 amide bonds. The van der Waals surface area contributed by atoms with Crippen LogP contribution in [0.3, 0.4) is 0 Å². The van der Waals surface area contributed by atoms with Gasteiger partial charge in [0.15, 0.2) is 0 Å². The van der Waals surface area contributed by atoms with Gasteiger partial charge in [-0.25, -0.2) is 4.98 Å². The van der Waals surface area contributed by atoms with Gasteiger partial charge in [0.05, 0.1) is 11.1 Å². The number of pyridine rings is 2. The molecule has 1 aliphatic rings. The van der Waals surface area contributed by atoms with Crippen LogP contribution in [0.2, 0.25) is 0 Å². The number of carbonyl (C=O) groups is 1. The van der Waals surface area contributed by atoms with Crippen molar-refractivity contribution in [1.29, 1.82) is 0 Å². The van der Waals surface area contributed by atoms with Crippen LogP contribution in [-0.4, -0.2) is 34.3 Å². The summed E-state index contributed by atoms with van der Waals surface area (Å²) in [5.41, 5.74) is 2.40. The third kappa shape index (κ3) is 5.31. The van der Waals surface area contributed by atoms with E-state index >= 15 is 0 Å². The molecule has 0 spiro atoms. The van der Waals surface area contributed by atoms with Crippen molar-refractivity contribution >= 4 is 17.5 Å². The average molecular weight is 448 g/mol. The number of carboxylic acid groups (broad SMARTS) is 1. The number of rotatable bonds is 7. The first-order valence-corrected chi connectivity index (χ1v) is 11.1. The second kappa shape index (κ2) is 9.58. The highest BCUT2D eigenvalue weighted by Gasteiger charge is 2.29. The molecule has 1 aliphatic heterocycles. The molecular weight excluding hydrogens is 418 g/mol. The van der Waals surface area contributed by atoms with Gasteiger partial charge < -0.3 is 19.9 Å². The summed E-state index contributed by atoms with van der Waals surface area (Å²) in [6, 6.07) is 14.9. The molecule has 2 N–H and O–H groups in total. The van der Waals surface area contributed by atoms with Gasteiger partial charge >= 0.3 is 5.97 Å². The maximum absolute atomic E-state index is 11.6. The Kier molecular flexibility index (Phi) is 6.60. The molecule has 1 saturated heterocycles. The molecule has 0 aliphatic carbocycles. The summed E-state index contributed by atoms with van der Waals surface area (Å²) in [7, 11) is 0. The van der Waals surface area contributed by atoms with Crippen molar-refractivity contribution in [2.24, 2.45) is 0 Å². The lowest BCUT2D eigenvalue weighted by atomic mass is 9.84. The Morgan fingerprint density at radius 1 is 1.15 bits per heavy atom. The van der Waals surface area contributed by atoms with Crippen LogP contribution in [0, 0.1) is 6.92 Å². The van der Waals surface area contributed by atoms with E-state index in [1.54, 1.807) is 20.0 Å². The van der Waals surface area contributed by atoms with Crippen molar-refractivity contribution in [3.8, 4) is 11.5 Å². The number of nitrogens with zero attached hydrogens (tertiary/aromatic N) is 2. The Morgan fingerprint density at radius 2 is 1.94 bits per heavy atom. The van der Waals surface area contributed by atoms with Crippen molar-refractivity contribution in [2.75, 3.05) is 18.5 Å². The van der Waals surface area contributed by atoms with Crippen LogP contribution in [-0.2, 0) is 14.9 Å². The number of hydrogen-bond donors (Lipinski definition) is 2. The molecule has 3 heterocycles. The van der Waals surface area contributed by atoms with E-state index in [4.69, 9.17) is 14.5 Å². The van der Waals surface area contributed by atoms with Crippen molar-refractivity contribution in [3.63, 3.8) is 0 Å². The van der Waals surface area contributed by atoms with Gasteiger partial charge in [-0.1, -0.05) is 12.1 Å². The highest BCUT2D eigenvalue weighted by atomic mass is 16.5. The minimum absolute atomic E-state index is 0.313. The first-order chi connectivity index (χ1) is 15.8.